The minimum absolute atomic E-state index is 0.159. The summed E-state index contributed by atoms with van der Waals surface area (Å²) in [6, 6.07) is 19.9. The van der Waals surface area contributed by atoms with Crippen molar-refractivity contribution in [1.29, 1.82) is 0 Å². The Labute approximate surface area is 181 Å². The molecule has 0 atom stereocenters. The van der Waals surface area contributed by atoms with Crippen molar-refractivity contribution in [3.8, 4) is 5.75 Å². The third-order valence-corrected chi connectivity index (χ3v) is 5.22. The molecule has 0 fully saturated rings. The van der Waals surface area contributed by atoms with E-state index in [1.165, 1.54) is 13.2 Å². The maximum Gasteiger partial charge on any atom is 0.257 e. The minimum atomic E-state index is -3.22. The first-order valence-corrected chi connectivity index (χ1v) is 11.4. The van der Waals surface area contributed by atoms with E-state index in [1.54, 1.807) is 66.7 Å². The van der Waals surface area contributed by atoms with Gasteiger partial charge in [-0.25, -0.2) is 8.42 Å². The molecule has 3 aromatic carbocycles. The van der Waals surface area contributed by atoms with Crippen LogP contribution in [0.4, 0.5) is 11.4 Å². The Hall–Kier alpha value is -3.65. The number of nitrogens with one attached hydrogen (secondary N) is 2. The van der Waals surface area contributed by atoms with Crippen molar-refractivity contribution in [2.24, 2.45) is 0 Å². The third-order valence-electron chi connectivity index (χ3n) is 4.37. The molecular formula is C23H22N2O5S. The molecule has 0 heterocycles. The first-order valence-electron chi connectivity index (χ1n) is 9.37. The number of ether oxygens (including phenoxy) is 1. The average Bonchev–Trinajstić information content (AvgIpc) is 2.73. The molecule has 0 bridgehead atoms. The van der Waals surface area contributed by atoms with Gasteiger partial charge in [0.25, 0.3) is 11.8 Å². The molecule has 0 aliphatic heterocycles. The molecule has 0 aliphatic carbocycles. The molecule has 31 heavy (non-hydrogen) atoms. The molecule has 7 nitrogen and oxygen atoms in total. The van der Waals surface area contributed by atoms with Gasteiger partial charge >= 0.3 is 0 Å². The fourth-order valence-corrected chi connectivity index (χ4v) is 3.77. The van der Waals surface area contributed by atoms with Crippen molar-refractivity contribution < 1.29 is 22.7 Å². The summed E-state index contributed by atoms with van der Waals surface area (Å²) in [5, 5.41) is 5.52. The third kappa shape index (κ3) is 6.16. The Kier molecular flexibility index (Phi) is 6.71. The molecule has 0 spiro atoms. The number of rotatable bonds is 7. The number of hydrogen-bond acceptors (Lipinski definition) is 5. The van der Waals surface area contributed by atoms with Gasteiger partial charge in [-0.3, -0.25) is 9.59 Å². The normalized spacial score (nSPS) is 10.9. The van der Waals surface area contributed by atoms with Gasteiger partial charge in [-0.2, -0.15) is 0 Å². The van der Waals surface area contributed by atoms with Crippen molar-refractivity contribution in [2.45, 2.75) is 5.75 Å². The van der Waals surface area contributed by atoms with E-state index in [9.17, 15) is 18.0 Å². The van der Waals surface area contributed by atoms with E-state index in [2.05, 4.69) is 10.6 Å². The molecule has 0 aliphatic rings. The maximum atomic E-state index is 12.8. The highest BCUT2D eigenvalue weighted by Crippen LogP contribution is 2.21. The predicted octanol–water partition coefficient (Wildman–Crippen LogP) is 3.74. The van der Waals surface area contributed by atoms with Crippen LogP contribution in [-0.2, 0) is 15.6 Å². The summed E-state index contributed by atoms with van der Waals surface area (Å²) in [4.78, 5) is 25.5. The molecular weight excluding hydrogens is 416 g/mol. The second kappa shape index (κ2) is 9.44. The van der Waals surface area contributed by atoms with E-state index >= 15 is 0 Å². The predicted molar refractivity (Wildman–Crippen MR) is 120 cm³/mol. The Bertz CT molecular complexity index is 1220. The minimum Gasteiger partial charge on any atom is -0.497 e. The molecule has 8 heteroatoms. The Balaban J connectivity index is 1.79. The highest BCUT2D eigenvalue weighted by atomic mass is 32.2. The van der Waals surface area contributed by atoms with Gasteiger partial charge in [0.05, 0.1) is 24.1 Å². The molecule has 0 saturated carbocycles. The van der Waals surface area contributed by atoms with Gasteiger partial charge in [0, 0.05) is 23.6 Å². The monoisotopic (exact) mass is 438 g/mol. The molecule has 160 valence electrons. The highest BCUT2D eigenvalue weighted by molar-refractivity contribution is 7.89. The zero-order valence-corrected chi connectivity index (χ0v) is 17.9. The molecule has 2 N–H and O–H groups in total. The summed E-state index contributed by atoms with van der Waals surface area (Å²) >= 11 is 0. The largest absolute Gasteiger partial charge is 0.497 e. The number of methoxy groups -OCH3 is 1. The number of sulfone groups is 1. The van der Waals surface area contributed by atoms with Crippen LogP contribution in [0.1, 0.15) is 26.3 Å². The highest BCUT2D eigenvalue weighted by Gasteiger charge is 2.15. The first kappa shape index (κ1) is 22.0. The average molecular weight is 439 g/mol. The Morgan fingerprint density at radius 1 is 0.871 bits per heavy atom. The van der Waals surface area contributed by atoms with Crippen LogP contribution in [-0.4, -0.2) is 33.6 Å². The molecule has 3 aromatic rings. The number of benzene rings is 3. The van der Waals surface area contributed by atoms with Gasteiger partial charge in [-0.05, 0) is 42.0 Å². The fraction of sp³-hybridized carbons (Fsp3) is 0.130. The van der Waals surface area contributed by atoms with Crippen LogP contribution in [0, 0.1) is 0 Å². The zero-order chi connectivity index (χ0) is 22.4. The van der Waals surface area contributed by atoms with E-state index in [1.807, 2.05) is 0 Å². The Morgan fingerprint density at radius 2 is 1.61 bits per heavy atom. The van der Waals surface area contributed by atoms with Gasteiger partial charge < -0.3 is 15.4 Å². The molecule has 0 saturated heterocycles. The summed E-state index contributed by atoms with van der Waals surface area (Å²) in [6.45, 7) is 0. The summed E-state index contributed by atoms with van der Waals surface area (Å²) < 4.78 is 28.2. The van der Waals surface area contributed by atoms with Crippen molar-refractivity contribution in [2.75, 3.05) is 24.0 Å². The molecule has 0 radical (unpaired) electrons. The number of amides is 2. The zero-order valence-electron chi connectivity index (χ0n) is 17.1. The van der Waals surface area contributed by atoms with Crippen LogP contribution in [0.15, 0.2) is 72.8 Å². The van der Waals surface area contributed by atoms with Crippen LogP contribution < -0.4 is 15.4 Å². The molecule has 0 aromatic heterocycles. The SMILES string of the molecule is COc1cccc(NC(=O)c2ccccc2NC(=O)c2cccc(CS(C)(=O)=O)c2)c1. The smallest absolute Gasteiger partial charge is 0.257 e. The lowest BCUT2D eigenvalue weighted by Gasteiger charge is -2.12. The first-order chi connectivity index (χ1) is 14.7. The molecule has 3 rings (SSSR count). The van der Waals surface area contributed by atoms with E-state index in [4.69, 9.17) is 4.74 Å². The van der Waals surface area contributed by atoms with Gasteiger partial charge in [0.2, 0.25) is 0 Å². The van der Waals surface area contributed by atoms with Crippen LogP contribution in [0.5, 0.6) is 5.75 Å². The van der Waals surface area contributed by atoms with Crippen molar-refractivity contribution in [3.05, 3.63) is 89.5 Å². The van der Waals surface area contributed by atoms with Crippen LogP contribution >= 0.6 is 0 Å². The fourth-order valence-electron chi connectivity index (χ4n) is 2.99. The number of carbonyl (C=O) groups is 2. The van der Waals surface area contributed by atoms with Crippen LogP contribution in [0.25, 0.3) is 0 Å². The molecule has 2 amide bonds. The van der Waals surface area contributed by atoms with Gasteiger partial charge in [-0.1, -0.05) is 30.3 Å². The topological polar surface area (TPSA) is 102 Å². The lowest BCUT2D eigenvalue weighted by atomic mass is 10.1. The summed E-state index contributed by atoms with van der Waals surface area (Å²) in [6.07, 6.45) is 1.14. The van der Waals surface area contributed by atoms with Crippen molar-refractivity contribution >= 4 is 33.0 Å². The lowest BCUT2D eigenvalue weighted by Crippen LogP contribution is -2.18. The quantitative estimate of drug-likeness (QED) is 0.585. The Morgan fingerprint density at radius 3 is 2.35 bits per heavy atom. The number of para-hydroxylation sites is 1. The van der Waals surface area contributed by atoms with Gasteiger partial charge in [0.15, 0.2) is 9.84 Å². The number of hydrogen-bond donors (Lipinski definition) is 2. The number of carbonyl (C=O) groups excluding carboxylic acids is 2. The maximum absolute atomic E-state index is 12.8. The van der Waals surface area contributed by atoms with Crippen LogP contribution in [0.3, 0.4) is 0 Å². The van der Waals surface area contributed by atoms with Gasteiger partial charge in [0.1, 0.15) is 5.75 Å². The van der Waals surface area contributed by atoms with E-state index < -0.39 is 21.7 Å². The second-order valence-electron chi connectivity index (χ2n) is 6.96. The number of anilines is 2. The van der Waals surface area contributed by atoms with Crippen molar-refractivity contribution in [1.82, 2.24) is 0 Å². The lowest BCUT2D eigenvalue weighted by molar-refractivity contribution is 0.102. The van der Waals surface area contributed by atoms with E-state index in [0.29, 0.717) is 28.3 Å². The molecule has 0 unspecified atom stereocenters. The van der Waals surface area contributed by atoms with E-state index in [-0.39, 0.29) is 11.3 Å². The van der Waals surface area contributed by atoms with Gasteiger partial charge in [-0.15, -0.1) is 0 Å². The standard InChI is InChI=1S/C23H22N2O5S/c1-30-19-10-6-9-18(14-19)24-23(27)20-11-3-4-12-21(20)25-22(26)17-8-5-7-16(13-17)15-31(2,28)29/h3-14H,15H2,1-2H3,(H,24,27)(H,25,26). The summed E-state index contributed by atoms with van der Waals surface area (Å²) in [7, 11) is -1.69. The van der Waals surface area contributed by atoms with E-state index in [0.717, 1.165) is 6.26 Å². The van der Waals surface area contributed by atoms with Crippen LogP contribution in [0.2, 0.25) is 0 Å². The summed E-state index contributed by atoms with van der Waals surface area (Å²) in [5.74, 6) is -0.395. The second-order valence-corrected chi connectivity index (χ2v) is 9.10. The van der Waals surface area contributed by atoms with Crippen molar-refractivity contribution in [3.63, 3.8) is 0 Å². The summed E-state index contributed by atoms with van der Waals surface area (Å²) in [5.41, 5.74) is 1.98.